The van der Waals surface area contributed by atoms with Crippen LogP contribution in [-0.4, -0.2) is 11.6 Å². The second kappa shape index (κ2) is 5.53. The van der Waals surface area contributed by atoms with Crippen molar-refractivity contribution in [1.82, 2.24) is 0 Å². The zero-order valence-electron chi connectivity index (χ0n) is 8.58. The summed E-state index contributed by atoms with van der Waals surface area (Å²) in [6.45, 7) is 2.15. The Morgan fingerprint density at radius 2 is 2.07 bits per heavy atom. The summed E-state index contributed by atoms with van der Waals surface area (Å²) in [7, 11) is 0. The molecule has 0 bridgehead atoms. The first-order valence-electron chi connectivity index (χ1n) is 5.17. The average molecular weight is 192 g/mol. The molecule has 0 aromatic carbocycles. The number of ketones is 2. The number of allylic oxidation sites excluding steroid dienone is 4. The zero-order valence-corrected chi connectivity index (χ0v) is 8.58. The zero-order chi connectivity index (χ0) is 10.4. The molecule has 0 atom stereocenters. The van der Waals surface area contributed by atoms with E-state index < -0.39 is 0 Å². The molecule has 76 valence electrons. The van der Waals surface area contributed by atoms with E-state index in [1.54, 1.807) is 6.08 Å². The van der Waals surface area contributed by atoms with Crippen LogP contribution in [-0.2, 0) is 9.59 Å². The maximum Gasteiger partial charge on any atom is 0.221 e. The van der Waals surface area contributed by atoms with Crippen molar-refractivity contribution in [3.05, 3.63) is 23.8 Å². The van der Waals surface area contributed by atoms with Crippen molar-refractivity contribution in [2.45, 2.75) is 39.0 Å². The smallest absolute Gasteiger partial charge is 0.221 e. The highest BCUT2D eigenvalue weighted by Crippen LogP contribution is 2.15. The largest absolute Gasteiger partial charge is 0.290 e. The number of rotatable bonds is 4. The molecule has 0 amide bonds. The van der Waals surface area contributed by atoms with Crippen LogP contribution in [0.5, 0.6) is 0 Å². The van der Waals surface area contributed by atoms with Crippen LogP contribution in [0, 0.1) is 0 Å². The van der Waals surface area contributed by atoms with Gasteiger partial charge in [0.2, 0.25) is 11.6 Å². The number of unbranched alkanes of at least 4 members (excludes halogenated alkanes) is 2. The Bertz CT molecular complexity index is 285. The third kappa shape index (κ3) is 3.29. The van der Waals surface area contributed by atoms with Crippen LogP contribution in [0.25, 0.3) is 0 Å². The molecule has 2 heteroatoms. The highest BCUT2D eigenvalue weighted by molar-refractivity contribution is 6.42. The van der Waals surface area contributed by atoms with Gasteiger partial charge in [-0.2, -0.15) is 0 Å². The van der Waals surface area contributed by atoms with Crippen LogP contribution < -0.4 is 0 Å². The van der Waals surface area contributed by atoms with Crippen molar-refractivity contribution < 1.29 is 9.59 Å². The first-order chi connectivity index (χ1) is 6.74. The summed E-state index contributed by atoms with van der Waals surface area (Å²) < 4.78 is 0. The minimum Gasteiger partial charge on any atom is -0.290 e. The second-order valence-electron chi connectivity index (χ2n) is 3.61. The third-order valence-electron chi connectivity index (χ3n) is 2.34. The molecule has 1 aliphatic carbocycles. The van der Waals surface area contributed by atoms with Gasteiger partial charge in [0.05, 0.1) is 0 Å². The predicted octanol–water partition coefficient (Wildman–Crippen LogP) is 2.59. The second-order valence-corrected chi connectivity index (χ2v) is 3.61. The quantitative estimate of drug-likeness (QED) is 0.507. The lowest BCUT2D eigenvalue weighted by Crippen LogP contribution is -2.10. The number of hydrogen-bond acceptors (Lipinski definition) is 2. The van der Waals surface area contributed by atoms with Crippen molar-refractivity contribution in [2.75, 3.05) is 0 Å². The summed E-state index contributed by atoms with van der Waals surface area (Å²) in [5, 5.41) is 0. The lowest BCUT2D eigenvalue weighted by molar-refractivity contribution is -0.133. The molecule has 0 aliphatic heterocycles. The summed E-state index contributed by atoms with van der Waals surface area (Å²) in [5.41, 5.74) is 1.09. The summed E-state index contributed by atoms with van der Waals surface area (Å²) in [4.78, 5) is 22.2. The molecule has 0 N–H and O–H groups in total. The first kappa shape index (κ1) is 10.9. The maximum absolute atomic E-state index is 11.2. The van der Waals surface area contributed by atoms with Crippen molar-refractivity contribution >= 4 is 11.6 Å². The van der Waals surface area contributed by atoms with E-state index in [4.69, 9.17) is 0 Å². The van der Waals surface area contributed by atoms with Gasteiger partial charge >= 0.3 is 0 Å². The van der Waals surface area contributed by atoms with Crippen LogP contribution in [0.4, 0.5) is 0 Å². The minimum absolute atomic E-state index is 0.276. The molecule has 0 radical (unpaired) electrons. The Morgan fingerprint density at radius 1 is 1.29 bits per heavy atom. The molecule has 1 rings (SSSR count). The first-order valence-corrected chi connectivity index (χ1v) is 5.17. The fourth-order valence-electron chi connectivity index (χ4n) is 1.49. The molecule has 0 saturated carbocycles. The summed E-state index contributed by atoms with van der Waals surface area (Å²) >= 11 is 0. The Hall–Kier alpha value is -1.18. The molecule has 0 aromatic heterocycles. The van der Waals surface area contributed by atoms with E-state index in [1.807, 2.05) is 6.08 Å². The SMILES string of the molecule is CCCCCC1=CC=CC(=O)C(=O)C1. The molecule has 2 nitrogen and oxygen atoms in total. The van der Waals surface area contributed by atoms with E-state index in [2.05, 4.69) is 6.92 Å². The van der Waals surface area contributed by atoms with Gasteiger partial charge in [0.15, 0.2) is 0 Å². The fourth-order valence-corrected chi connectivity index (χ4v) is 1.49. The monoisotopic (exact) mass is 192 g/mol. The van der Waals surface area contributed by atoms with Gasteiger partial charge in [0.25, 0.3) is 0 Å². The van der Waals surface area contributed by atoms with Crippen molar-refractivity contribution in [2.24, 2.45) is 0 Å². The van der Waals surface area contributed by atoms with Gasteiger partial charge in [-0.05, 0) is 18.9 Å². The Labute approximate surface area is 84.7 Å². The summed E-state index contributed by atoms with van der Waals surface area (Å²) in [6.07, 6.45) is 9.67. The molecule has 0 saturated heterocycles. The Morgan fingerprint density at radius 3 is 2.79 bits per heavy atom. The van der Waals surface area contributed by atoms with E-state index >= 15 is 0 Å². The van der Waals surface area contributed by atoms with Crippen molar-refractivity contribution in [1.29, 1.82) is 0 Å². The molecule has 0 spiro atoms. The number of Topliss-reactive ketones (excluding diaryl/α,β-unsaturated/α-hetero) is 1. The maximum atomic E-state index is 11.2. The minimum atomic E-state index is -0.369. The lowest BCUT2D eigenvalue weighted by Gasteiger charge is -2.02. The molecule has 0 heterocycles. The van der Waals surface area contributed by atoms with E-state index in [0.29, 0.717) is 6.42 Å². The van der Waals surface area contributed by atoms with E-state index in [1.165, 1.54) is 18.9 Å². The van der Waals surface area contributed by atoms with E-state index in [9.17, 15) is 9.59 Å². The predicted molar refractivity (Wildman–Crippen MR) is 56.0 cm³/mol. The Balaban J connectivity index is 2.47. The highest BCUT2D eigenvalue weighted by Gasteiger charge is 2.14. The number of hydrogen-bond donors (Lipinski definition) is 0. The van der Waals surface area contributed by atoms with Gasteiger partial charge in [0.1, 0.15) is 0 Å². The van der Waals surface area contributed by atoms with Crippen molar-refractivity contribution in [3.63, 3.8) is 0 Å². The standard InChI is InChI=1S/C12H16O2/c1-2-3-4-6-10-7-5-8-11(13)12(14)9-10/h5,7-8H,2-4,6,9H2,1H3. The molecule has 14 heavy (non-hydrogen) atoms. The number of carbonyl (C=O) groups excluding carboxylic acids is 2. The van der Waals surface area contributed by atoms with E-state index in [0.717, 1.165) is 18.4 Å². The van der Waals surface area contributed by atoms with Gasteiger partial charge in [0, 0.05) is 6.42 Å². The summed E-state index contributed by atoms with van der Waals surface area (Å²) in [5.74, 6) is -0.645. The molecular formula is C12H16O2. The van der Waals surface area contributed by atoms with Gasteiger partial charge in [-0.15, -0.1) is 0 Å². The topological polar surface area (TPSA) is 34.1 Å². The van der Waals surface area contributed by atoms with Crippen LogP contribution in [0.3, 0.4) is 0 Å². The van der Waals surface area contributed by atoms with Gasteiger partial charge in [-0.1, -0.05) is 37.5 Å². The average Bonchev–Trinajstić information content (AvgIpc) is 2.31. The molecule has 0 unspecified atom stereocenters. The fraction of sp³-hybridized carbons (Fsp3) is 0.500. The van der Waals surface area contributed by atoms with Crippen molar-refractivity contribution in [3.8, 4) is 0 Å². The van der Waals surface area contributed by atoms with Gasteiger partial charge in [-0.25, -0.2) is 0 Å². The molecular weight excluding hydrogens is 176 g/mol. The molecule has 0 fully saturated rings. The summed E-state index contributed by atoms with van der Waals surface area (Å²) in [6, 6.07) is 0. The van der Waals surface area contributed by atoms with E-state index in [-0.39, 0.29) is 11.6 Å². The van der Waals surface area contributed by atoms with Crippen LogP contribution in [0.2, 0.25) is 0 Å². The lowest BCUT2D eigenvalue weighted by atomic mass is 10.0. The molecule has 0 aromatic rings. The number of carbonyl (C=O) groups is 2. The molecule has 1 aliphatic rings. The van der Waals surface area contributed by atoms with Crippen LogP contribution >= 0.6 is 0 Å². The van der Waals surface area contributed by atoms with Crippen LogP contribution in [0.15, 0.2) is 23.8 Å². The highest BCUT2D eigenvalue weighted by atomic mass is 16.2. The normalized spacial score (nSPS) is 16.8. The van der Waals surface area contributed by atoms with Crippen LogP contribution in [0.1, 0.15) is 39.0 Å². The van der Waals surface area contributed by atoms with Gasteiger partial charge < -0.3 is 0 Å². The third-order valence-corrected chi connectivity index (χ3v) is 2.34. The Kier molecular flexibility index (Phi) is 4.30. The van der Waals surface area contributed by atoms with Gasteiger partial charge in [-0.3, -0.25) is 9.59 Å².